The van der Waals surface area contributed by atoms with Gasteiger partial charge < -0.3 is 4.74 Å². The minimum atomic E-state index is -0.274. The molecule has 2 aromatic rings. The zero-order valence-electron chi connectivity index (χ0n) is 8.64. The van der Waals surface area contributed by atoms with Crippen LogP contribution in [0.25, 0.3) is 0 Å². The standard InChI is InChI=1S/C8H9N5O2S/c1-4-9-3-5(16-4)6(14)10-7-11-8(15-2)13-12-7/h3H,1-2H3,(H2,10,11,12,13,14). The molecule has 8 heteroatoms. The molecular weight excluding hydrogens is 230 g/mol. The van der Waals surface area contributed by atoms with E-state index >= 15 is 0 Å². The molecule has 2 heterocycles. The molecule has 2 rings (SSSR count). The van der Waals surface area contributed by atoms with Crippen molar-refractivity contribution < 1.29 is 9.53 Å². The van der Waals surface area contributed by atoms with Crippen molar-refractivity contribution in [3.8, 4) is 6.01 Å². The number of amides is 1. The molecule has 7 nitrogen and oxygen atoms in total. The van der Waals surface area contributed by atoms with Gasteiger partial charge in [-0.15, -0.1) is 16.4 Å². The second kappa shape index (κ2) is 4.27. The molecule has 0 bridgehead atoms. The summed E-state index contributed by atoms with van der Waals surface area (Å²) in [6.45, 7) is 1.83. The van der Waals surface area contributed by atoms with E-state index in [1.165, 1.54) is 24.6 Å². The van der Waals surface area contributed by atoms with E-state index in [4.69, 9.17) is 4.74 Å². The van der Waals surface area contributed by atoms with E-state index in [-0.39, 0.29) is 17.9 Å². The number of ether oxygens (including phenoxy) is 1. The first-order chi connectivity index (χ1) is 7.69. The van der Waals surface area contributed by atoms with Gasteiger partial charge in [0.15, 0.2) is 0 Å². The number of methoxy groups -OCH3 is 1. The van der Waals surface area contributed by atoms with Crippen LogP contribution in [-0.4, -0.2) is 33.2 Å². The molecule has 2 N–H and O–H groups in total. The maximum Gasteiger partial charge on any atom is 0.336 e. The highest BCUT2D eigenvalue weighted by Crippen LogP contribution is 2.13. The maximum absolute atomic E-state index is 11.7. The zero-order valence-corrected chi connectivity index (χ0v) is 9.46. The van der Waals surface area contributed by atoms with E-state index < -0.39 is 0 Å². The molecule has 0 spiro atoms. The van der Waals surface area contributed by atoms with Gasteiger partial charge in [-0.1, -0.05) is 0 Å². The van der Waals surface area contributed by atoms with Crippen molar-refractivity contribution in [3.05, 3.63) is 16.1 Å². The number of hydrogen-bond donors (Lipinski definition) is 2. The Balaban J connectivity index is 2.07. The highest BCUT2D eigenvalue weighted by Gasteiger charge is 2.11. The van der Waals surface area contributed by atoms with E-state index in [1.54, 1.807) is 0 Å². The summed E-state index contributed by atoms with van der Waals surface area (Å²) < 4.78 is 4.77. The Morgan fingerprint density at radius 2 is 2.44 bits per heavy atom. The predicted octanol–water partition coefficient (Wildman–Crippen LogP) is 0.831. The van der Waals surface area contributed by atoms with Gasteiger partial charge >= 0.3 is 6.01 Å². The summed E-state index contributed by atoms with van der Waals surface area (Å²) in [6, 6.07) is 0.177. The topological polar surface area (TPSA) is 92.8 Å². The molecule has 0 aliphatic rings. The highest BCUT2D eigenvalue weighted by atomic mass is 32.1. The third-order valence-electron chi connectivity index (χ3n) is 1.72. The molecule has 16 heavy (non-hydrogen) atoms. The number of nitrogens with one attached hydrogen (secondary N) is 2. The molecule has 2 aromatic heterocycles. The lowest BCUT2D eigenvalue weighted by Gasteiger charge is -1.96. The number of hydrogen-bond acceptors (Lipinski definition) is 6. The average molecular weight is 239 g/mol. The molecule has 0 aliphatic carbocycles. The molecular formula is C8H9N5O2S. The van der Waals surface area contributed by atoms with Crippen molar-refractivity contribution in [2.24, 2.45) is 0 Å². The highest BCUT2D eigenvalue weighted by molar-refractivity contribution is 7.13. The van der Waals surface area contributed by atoms with Crippen molar-refractivity contribution in [3.63, 3.8) is 0 Å². The molecule has 0 radical (unpaired) electrons. The number of aryl methyl sites for hydroxylation is 1. The number of nitrogens with zero attached hydrogens (tertiary/aromatic N) is 3. The Labute approximate surface area is 94.9 Å². The molecule has 1 amide bonds. The number of anilines is 1. The fraction of sp³-hybridized carbons (Fsp3) is 0.250. The van der Waals surface area contributed by atoms with Crippen LogP contribution in [-0.2, 0) is 0 Å². The van der Waals surface area contributed by atoms with Gasteiger partial charge in [0.2, 0.25) is 5.95 Å². The first kappa shape index (κ1) is 10.6. The minimum Gasteiger partial charge on any atom is -0.466 e. The van der Waals surface area contributed by atoms with Crippen LogP contribution in [0, 0.1) is 6.92 Å². The summed E-state index contributed by atoms with van der Waals surface area (Å²) in [5.41, 5.74) is 0. The number of thiazole rings is 1. The van der Waals surface area contributed by atoms with Crippen LogP contribution >= 0.6 is 11.3 Å². The zero-order chi connectivity index (χ0) is 11.5. The number of H-pyrrole nitrogens is 1. The fourth-order valence-electron chi connectivity index (χ4n) is 1.03. The van der Waals surface area contributed by atoms with Gasteiger partial charge in [-0.05, 0) is 6.92 Å². The van der Waals surface area contributed by atoms with E-state index in [0.717, 1.165) is 5.01 Å². The maximum atomic E-state index is 11.7. The summed E-state index contributed by atoms with van der Waals surface area (Å²) in [5.74, 6) is -0.0303. The Hall–Kier alpha value is -1.96. The number of aromatic amines is 1. The van der Waals surface area contributed by atoms with Gasteiger partial charge in [-0.2, -0.15) is 4.98 Å². The monoisotopic (exact) mass is 239 g/mol. The van der Waals surface area contributed by atoms with Crippen molar-refractivity contribution >= 4 is 23.2 Å². The molecule has 0 aliphatic heterocycles. The van der Waals surface area contributed by atoms with Crippen LogP contribution in [0.4, 0.5) is 5.95 Å². The first-order valence-electron chi connectivity index (χ1n) is 4.39. The summed E-state index contributed by atoms with van der Waals surface area (Å²) in [4.78, 5) is 20.0. The summed E-state index contributed by atoms with van der Waals surface area (Å²) in [5, 5.41) is 9.61. The summed E-state index contributed by atoms with van der Waals surface area (Å²) >= 11 is 1.31. The fourth-order valence-corrected chi connectivity index (χ4v) is 1.70. The third kappa shape index (κ3) is 2.16. The molecule has 0 aromatic carbocycles. The van der Waals surface area contributed by atoms with E-state index in [2.05, 4.69) is 25.5 Å². The molecule has 0 unspecified atom stereocenters. The lowest BCUT2D eigenvalue weighted by molar-refractivity contribution is 0.102. The lowest BCUT2D eigenvalue weighted by atomic mass is 10.5. The Morgan fingerprint density at radius 3 is 3.00 bits per heavy atom. The van der Waals surface area contributed by atoms with Crippen molar-refractivity contribution in [2.45, 2.75) is 6.92 Å². The van der Waals surface area contributed by atoms with Gasteiger partial charge in [-0.3, -0.25) is 10.1 Å². The molecule has 0 fully saturated rings. The third-order valence-corrected chi connectivity index (χ3v) is 2.64. The normalized spacial score (nSPS) is 10.1. The lowest BCUT2D eigenvalue weighted by Crippen LogP contribution is -2.11. The molecule has 84 valence electrons. The molecule has 0 saturated heterocycles. The van der Waals surface area contributed by atoms with Gasteiger partial charge in [0.05, 0.1) is 18.3 Å². The van der Waals surface area contributed by atoms with E-state index in [0.29, 0.717) is 4.88 Å². The SMILES string of the molecule is COc1n[nH]c(NC(=O)c2cnc(C)s2)n1. The Bertz CT molecular complexity index is 506. The number of carbonyl (C=O) groups is 1. The van der Waals surface area contributed by atoms with Crippen LogP contribution in [0.15, 0.2) is 6.20 Å². The molecule has 0 atom stereocenters. The van der Waals surface area contributed by atoms with Crippen LogP contribution in [0.3, 0.4) is 0 Å². The predicted molar refractivity (Wildman–Crippen MR) is 57.7 cm³/mol. The van der Waals surface area contributed by atoms with Gasteiger partial charge in [0.25, 0.3) is 5.91 Å². The summed E-state index contributed by atoms with van der Waals surface area (Å²) in [7, 11) is 1.45. The van der Waals surface area contributed by atoms with Crippen molar-refractivity contribution in [1.29, 1.82) is 0 Å². The number of carbonyl (C=O) groups excluding carboxylic acids is 1. The van der Waals surface area contributed by atoms with E-state index in [1.807, 2.05) is 6.92 Å². The first-order valence-corrected chi connectivity index (χ1v) is 5.21. The Kier molecular flexibility index (Phi) is 2.82. The van der Waals surface area contributed by atoms with Gasteiger partial charge in [-0.25, -0.2) is 10.1 Å². The van der Waals surface area contributed by atoms with Crippen LogP contribution in [0.1, 0.15) is 14.7 Å². The Morgan fingerprint density at radius 1 is 1.62 bits per heavy atom. The quantitative estimate of drug-likeness (QED) is 0.827. The van der Waals surface area contributed by atoms with E-state index in [9.17, 15) is 4.79 Å². The van der Waals surface area contributed by atoms with Gasteiger partial charge in [0.1, 0.15) is 4.88 Å². The van der Waals surface area contributed by atoms with Crippen LogP contribution < -0.4 is 10.1 Å². The summed E-state index contributed by atoms with van der Waals surface area (Å²) in [6.07, 6.45) is 1.52. The largest absolute Gasteiger partial charge is 0.466 e. The number of aromatic nitrogens is 4. The number of rotatable bonds is 3. The van der Waals surface area contributed by atoms with Crippen LogP contribution in [0.2, 0.25) is 0 Å². The minimum absolute atomic E-state index is 0.177. The molecule has 0 saturated carbocycles. The second-order valence-electron chi connectivity index (χ2n) is 2.87. The average Bonchev–Trinajstić information content (AvgIpc) is 2.87. The smallest absolute Gasteiger partial charge is 0.336 e. The second-order valence-corrected chi connectivity index (χ2v) is 4.10. The van der Waals surface area contributed by atoms with Gasteiger partial charge in [0, 0.05) is 0 Å². The van der Waals surface area contributed by atoms with Crippen molar-refractivity contribution in [2.75, 3.05) is 12.4 Å². The van der Waals surface area contributed by atoms with Crippen molar-refractivity contribution in [1.82, 2.24) is 20.2 Å². The van der Waals surface area contributed by atoms with Crippen LogP contribution in [0.5, 0.6) is 6.01 Å².